The quantitative estimate of drug-likeness (QED) is 0.303. The molecule has 0 saturated heterocycles. The smallest absolute Gasteiger partial charge is 0.360 e. The van der Waals surface area contributed by atoms with Crippen LogP contribution in [0.4, 0.5) is 0 Å². The van der Waals surface area contributed by atoms with Crippen LogP contribution in [0.2, 0.25) is 0 Å². The van der Waals surface area contributed by atoms with E-state index >= 15 is 0 Å². The maximum Gasteiger partial charge on any atom is 0.360 e. The van der Waals surface area contributed by atoms with Gasteiger partial charge in [0.05, 0.1) is 6.61 Å². The molecular weight excluding hydrogens is 414 g/mol. The summed E-state index contributed by atoms with van der Waals surface area (Å²) in [7, 11) is 0. The topological polar surface area (TPSA) is 59.4 Å². The third-order valence-corrected chi connectivity index (χ3v) is 5.41. The molecule has 6 heteroatoms. The van der Waals surface area contributed by atoms with Crippen LogP contribution >= 0.6 is 27.7 Å². The van der Waals surface area contributed by atoms with E-state index in [1.807, 2.05) is 55.5 Å². The fourth-order valence-corrected chi connectivity index (χ4v) is 3.85. The Morgan fingerprint density at radius 1 is 1.15 bits per heavy atom. The summed E-state index contributed by atoms with van der Waals surface area (Å²) >= 11 is 4.97. The van der Waals surface area contributed by atoms with Crippen LogP contribution in [-0.2, 0) is 4.74 Å². The van der Waals surface area contributed by atoms with Crippen molar-refractivity contribution < 1.29 is 14.6 Å². The van der Waals surface area contributed by atoms with Gasteiger partial charge >= 0.3 is 5.97 Å². The number of carbonyl (C=O) groups excluding carboxylic acids is 1. The maximum atomic E-state index is 12.2. The fourth-order valence-electron chi connectivity index (χ4n) is 2.45. The van der Waals surface area contributed by atoms with Gasteiger partial charge in [-0.1, -0.05) is 49.4 Å². The summed E-state index contributed by atoms with van der Waals surface area (Å²) in [4.78, 5) is 18.5. The number of aromatic hydroxyl groups is 1. The molecule has 0 aliphatic heterocycles. The van der Waals surface area contributed by atoms with Crippen molar-refractivity contribution in [3.63, 3.8) is 0 Å². The molecule has 26 heavy (non-hydrogen) atoms. The van der Waals surface area contributed by atoms with Gasteiger partial charge in [0.15, 0.2) is 11.4 Å². The van der Waals surface area contributed by atoms with Crippen LogP contribution in [-0.4, -0.2) is 22.7 Å². The van der Waals surface area contributed by atoms with Crippen molar-refractivity contribution in [3.05, 3.63) is 58.8 Å². The second-order valence-electron chi connectivity index (χ2n) is 5.71. The van der Waals surface area contributed by atoms with E-state index in [1.54, 1.807) is 11.8 Å². The third kappa shape index (κ3) is 4.19. The van der Waals surface area contributed by atoms with Crippen molar-refractivity contribution in [3.8, 4) is 5.75 Å². The lowest BCUT2D eigenvalue weighted by atomic mass is 10.1. The van der Waals surface area contributed by atoms with Gasteiger partial charge in [0.1, 0.15) is 4.60 Å². The van der Waals surface area contributed by atoms with E-state index in [4.69, 9.17) is 4.74 Å². The lowest BCUT2D eigenvalue weighted by Gasteiger charge is -2.10. The molecule has 1 heterocycles. The van der Waals surface area contributed by atoms with Crippen molar-refractivity contribution in [2.24, 2.45) is 0 Å². The maximum absolute atomic E-state index is 12.2. The highest BCUT2D eigenvalue weighted by Crippen LogP contribution is 2.37. The van der Waals surface area contributed by atoms with Gasteiger partial charge in [-0.05, 0) is 46.6 Å². The van der Waals surface area contributed by atoms with E-state index in [-0.39, 0.29) is 11.4 Å². The summed E-state index contributed by atoms with van der Waals surface area (Å²) in [6, 6.07) is 15.7. The average Bonchev–Trinajstić information content (AvgIpc) is 2.65. The number of unbranched alkanes of at least 4 members (excludes halogenated alkanes) is 1. The number of ether oxygens (including phenoxy) is 1. The standard InChI is InChI=1S/C20H18BrNO3S/c1-2-3-11-25-20(24)17-18(23)16-12-14(9-10-15(16)19(21)22-17)26-13-7-5-4-6-8-13/h4-10,12,23H,2-3,11H2,1H3. The summed E-state index contributed by atoms with van der Waals surface area (Å²) in [6.07, 6.45) is 1.70. The molecule has 4 nitrogen and oxygen atoms in total. The average molecular weight is 432 g/mol. The zero-order valence-corrected chi connectivity index (χ0v) is 16.6. The number of hydrogen-bond acceptors (Lipinski definition) is 5. The Hall–Kier alpha value is -2.05. The molecule has 0 spiro atoms. The van der Waals surface area contributed by atoms with Gasteiger partial charge in [-0.25, -0.2) is 9.78 Å². The molecule has 0 saturated carbocycles. The number of fused-ring (bicyclic) bond motifs is 1. The first kappa shape index (κ1) is 18.7. The number of hydrogen-bond donors (Lipinski definition) is 1. The van der Waals surface area contributed by atoms with E-state index in [0.29, 0.717) is 16.6 Å². The number of pyridine rings is 1. The van der Waals surface area contributed by atoms with E-state index in [0.717, 1.165) is 28.0 Å². The summed E-state index contributed by atoms with van der Waals surface area (Å²) in [5.74, 6) is -0.764. The molecular formula is C20H18BrNO3S. The zero-order chi connectivity index (χ0) is 18.5. The van der Waals surface area contributed by atoms with Crippen LogP contribution in [0.1, 0.15) is 30.3 Å². The third-order valence-electron chi connectivity index (χ3n) is 3.81. The summed E-state index contributed by atoms with van der Waals surface area (Å²) in [5.41, 5.74) is -0.0673. The molecule has 3 aromatic rings. The number of aromatic nitrogens is 1. The minimum Gasteiger partial charge on any atom is -0.505 e. The van der Waals surface area contributed by atoms with Crippen molar-refractivity contribution in [2.45, 2.75) is 29.6 Å². The molecule has 1 N–H and O–H groups in total. The Bertz CT molecular complexity index is 931. The molecule has 1 aromatic heterocycles. The highest BCUT2D eigenvalue weighted by atomic mass is 79.9. The van der Waals surface area contributed by atoms with Gasteiger partial charge < -0.3 is 9.84 Å². The first-order chi connectivity index (χ1) is 12.6. The van der Waals surface area contributed by atoms with E-state index in [1.165, 1.54) is 0 Å². The SMILES string of the molecule is CCCCOC(=O)c1nc(Br)c2ccc(Sc3ccccc3)cc2c1O. The Kier molecular flexibility index (Phi) is 6.16. The molecule has 3 rings (SSSR count). The Morgan fingerprint density at radius 3 is 2.65 bits per heavy atom. The molecule has 0 atom stereocenters. The van der Waals surface area contributed by atoms with Gasteiger partial charge in [0.25, 0.3) is 0 Å². The first-order valence-electron chi connectivity index (χ1n) is 8.32. The predicted molar refractivity (Wildman–Crippen MR) is 107 cm³/mol. The highest BCUT2D eigenvalue weighted by Gasteiger charge is 2.20. The summed E-state index contributed by atoms with van der Waals surface area (Å²) in [5, 5.41) is 11.9. The molecule has 134 valence electrons. The number of esters is 1. The van der Waals surface area contributed by atoms with Crippen LogP contribution in [0.5, 0.6) is 5.75 Å². The van der Waals surface area contributed by atoms with Crippen molar-refractivity contribution in [1.82, 2.24) is 4.98 Å². The molecule has 0 bridgehead atoms. The largest absolute Gasteiger partial charge is 0.505 e. The Balaban J connectivity index is 1.96. The molecule has 0 unspecified atom stereocenters. The predicted octanol–water partition coefficient (Wildman–Crippen LogP) is 5.81. The number of benzene rings is 2. The molecule has 0 fully saturated rings. The van der Waals surface area contributed by atoms with Crippen LogP contribution < -0.4 is 0 Å². The number of halogens is 1. The molecule has 2 aromatic carbocycles. The van der Waals surface area contributed by atoms with Crippen molar-refractivity contribution >= 4 is 44.4 Å². The van der Waals surface area contributed by atoms with Crippen LogP contribution in [0.3, 0.4) is 0 Å². The van der Waals surface area contributed by atoms with Gasteiger partial charge in [-0.2, -0.15) is 0 Å². The lowest BCUT2D eigenvalue weighted by molar-refractivity contribution is 0.0489. The Labute approximate surface area is 164 Å². The van der Waals surface area contributed by atoms with Crippen molar-refractivity contribution in [2.75, 3.05) is 6.61 Å². The molecule has 0 aliphatic rings. The van der Waals surface area contributed by atoms with Crippen LogP contribution in [0.15, 0.2) is 62.9 Å². The minimum absolute atomic E-state index is 0.0673. The van der Waals surface area contributed by atoms with Gasteiger partial charge in [0.2, 0.25) is 0 Å². The normalized spacial score (nSPS) is 10.8. The zero-order valence-electron chi connectivity index (χ0n) is 14.2. The molecule has 0 radical (unpaired) electrons. The second-order valence-corrected chi connectivity index (χ2v) is 7.61. The lowest BCUT2D eigenvalue weighted by Crippen LogP contribution is -2.09. The van der Waals surface area contributed by atoms with Gasteiger partial charge in [0, 0.05) is 20.6 Å². The summed E-state index contributed by atoms with van der Waals surface area (Å²) in [6.45, 7) is 2.33. The first-order valence-corrected chi connectivity index (χ1v) is 9.93. The highest BCUT2D eigenvalue weighted by molar-refractivity contribution is 9.10. The fraction of sp³-hybridized carbons (Fsp3) is 0.200. The van der Waals surface area contributed by atoms with E-state index < -0.39 is 5.97 Å². The van der Waals surface area contributed by atoms with Crippen LogP contribution in [0.25, 0.3) is 10.8 Å². The van der Waals surface area contributed by atoms with Crippen molar-refractivity contribution in [1.29, 1.82) is 0 Å². The Morgan fingerprint density at radius 2 is 1.92 bits per heavy atom. The summed E-state index contributed by atoms with van der Waals surface area (Å²) < 4.78 is 5.70. The molecule has 0 aliphatic carbocycles. The molecule has 0 amide bonds. The van der Waals surface area contributed by atoms with Gasteiger partial charge in [-0.3, -0.25) is 0 Å². The monoisotopic (exact) mass is 431 g/mol. The number of rotatable bonds is 6. The minimum atomic E-state index is -0.611. The number of carbonyl (C=O) groups is 1. The van der Waals surface area contributed by atoms with E-state index in [2.05, 4.69) is 20.9 Å². The van der Waals surface area contributed by atoms with Gasteiger partial charge in [-0.15, -0.1) is 0 Å². The number of nitrogens with zero attached hydrogens (tertiary/aromatic N) is 1. The van der Waals surface area contributed by atoms with E-state index in [9.17, 15) is 9.90 Å². The van der Waals surface area contributed by atoms with Crippen LogP contribution in [0, 0.1) is 0 Å². The second kappa shape index (κ2) is 8.56.